The second-order valence-corrected chi connectivity index (χ2v) is 6.35. The molecule has 0 radical (unpaired) electrons. The Labute approximate surface area is 145 Å². The summed E-state index contributed by atoms with van der Waals surface area (Å²) in [7, 11) is 1.65. The fourth-order valence-electron chi connectivity index (χ4n) is 2.99. The first-order valence-electron chi connectivity index (χ1n) is 8.51. The Morgan fingerprint density at radius 1 is 1.36 bits per heavy atom. The highest BCUT2D eigenvalue weighted by Gasteiger charge is 2.30. The van der Waals surface area contributed by atoms with Gasteiger partial charge in [0, 0.05) is 19.2 Å². The van der Waals surface area contributed by atoms with E-state index in [9.17, 15) is 4.79 Å². The van der Waals surface area contributed by atoms with Crippen molar-refractivity contribution in [3.8, 4) is 0 Å². The van der Waals surface area contributed by atoms with Crippen LogP contribution >= 0.6 is 0 Å². The molecule has 2 aromatic heterocycles. The summed E-state index contributed by atoms with van der Waals surface area (Å²) in [6.45, 7) is 1.50. The van der Waals surface area contributed by atoms with Crippen LogP contribution in [0.4, 0.5) is 5.69 Å². The van der Waals surface area contributed by atoms with Crippen molar-refractivity contribution >= 4 is 22.6 Å². The maximum absolute atomic E-state index is 12.5. The molecule has 1 saturated carbocycles. The van der Waals surface area contributed by atoms with E-state index in [4.69, 9.17) is 9.72 Å². The third-order valence-corrected chi connectivity index (χ3v) is 4.37. The van der Waals surface area contributed by atoms with Gasteiger partial charge in [0.2, 0.25) is 5.91 Å². The van der Waals surface area contributed by atoms with E-state index in [1.54, 1.807) is 18.0 Å². The number of aromatic nitrogens is 4. The smallest absolute Gasteiger partial charge is 0.244 e. The molecule has 1 N–H and O–H groups in total. The number of nitrogens with zero attached hydrogens (tertiary/aromatic N) is 4. The van der Waals surface area contributed by atoms with Gasteiger partial charge < -0.3 is 14.6 Å². The molecule has 0 saturated heterocycles. The molecule has 1 amide bonds. The van der Waals surface area contributed by atoms with Gasteiger partial charge in [0.05, 0.1) is 36.1 Å². The van der Waals surface area contributed by atoms with Crippen LogP contribution in [0.15, 0.2) is 36.7 Å². The molecule has 0 spiro atoms. The van der Waals surface area contributed by atoms with Crippen LogP contribution in [0.3, 0.4) is 0 Å². The second-order valence-electron chi connectivity index (χ2n) is 6.35. The summed E-state index contributed by atoms with van der Waals surface area (Å²) >= 11 is 0. The van der Waals surface area contributed by atoms with Gasteiger partial charge in [-0.2, -0.15) is 5.10 Å². The van der Waals surface area contributed by atoms with Gasteiger partial charge in [0.1, 0.15) is 12.4 Å². The number of ether oxygens (including phenoxy) is 1. The van der Waals surface area contributed by atoms with E-state index in [2.05, 4.69) is 10.4 Å². The van der Waals surface area contributed by atoms with Crippen molar-refractivity contribution < 1.29 is 9.53 Å². The molecule has 0 aliphatic heterocycles. The fraction of sp³-hybridized carbons (Fsp3) is 0.389. The predicted molar refractivity (Wildman–Crippen MR) is 94.4 cm³/mol. The van der Waals surface area contributed by atoms with E-state index in [0.29, 0.717) is 24.8 Å². The van der Waals surface area contributed by atoms with Crippen molar-refractivity contribution in [2.75, 3.05) is 19.0 Å². The maximum atomic E-state index is 12.5. The number of carbonyl (C=O) groups is 1. The van der Waals surface area contributed by atoms with Gasteiger partial charge in [-0.05, 0) is 25.0 Å². The summed E-state index contributed by atoms with van der Waals surface area (Å²) < 4.78 is 8.82. The minimum absolute atomic E-state index is 0.0728. The normalized spacial score (nSPS) is 14.1. The van der Waals surface area contributed by atoms with Crippen LogP contribution in [0.5, 0.6) is 0 Å². The Morgan fingerprint density at radius 2 is 2.20 bits per heavy atom. The van der Waals surface area contributed by atoms with Gasteiger partial charge in [0.25, 0.3) is 0 Å². The highest BCUT2D eigenvalue weighted by molar-refractivity contribution is 5.91. The number of hydrogen-bond acceptors (Lipinski definition) is 4. The molecule has 130 valence electrons. The predicted octanol–water partition coefficient (Wildman–Crippen LogP) is 2.40. The number of carbonyl (C=O) groups excluding carboxylic acids is 1. The Kier molecular flexibility index (Phi) is 4.23. The lowest BCUT2D eigenvalue weighted by atomic mass is 10.3. The number of nitrogens with one attached hydrogen (secondary N) is 1. The molecular formula is C18H21N5O2. The van der Waals surface area contributed by atoms with Crippen molar-refractivity contribution in [2.24, 2.45) is 0 Å². The number of anilines is 1. The molecule has 2 heterocycles. The zero-order valence-corrected chi connectivity index (χ0v) is 14.2. The number of benzene rings is 1. The minimum atomic E-state index is -0.0728. The van der Waals surface area contributed by atoms with Crippen molar-refractivity contribution in [3.63, 3.8) is 0 Å². The molecule has 4 rings (SSSR count). The van der Waals surface area contributed by atoms with Crippen molar-refractivity contribution in [3.05, 3.63) is 42.5 Å². The highest BCUT2D eigenvalue weighted by atomic mass is 16.5. The summed E-state index contributed by atoms with van der Waals surface area (Å²) in [4.78, 5) is 17.2. The van der Waals surface area contributed by atoms with E-state index >= 15 is 0 Å². The van der Waals surface area contributed by atoms with Gasteiger partial charge in [-0.15, -0.1) is 0 Å². The van der Waals surface area contributed by atoms with Gasteiger partial charge in [0.15, 0.2) is 0 Å². The average Bonchev–Trinajstić information content (AvgIpc) is 3.27. The van der Waals surface area contributed by atoms with Crippen LogP contribution in [0.1, 0.15) is 24.6 Å². The Bertz CT molecular complexity index is 894. The van der Waals surface area contributed by atoms with E-state index in [1.165, 1.54) is 0 Å². The monoisotopic (exact) mass is 339 g/mol. The van der Waals surface area contributed by atoms with Crippen molar-refractivity contribution in [2.45, 2.75) is 31.8 Å². The third kappa shape index (κ3) is 3.41. The SMILES string of the molecule is COCCn1cc(NC(=O)Cn2c(C3CC3)nc3ccccc32)cn1. The zero-order valence-electron chi connectivity index (χ0n) is 14.2. The van der Waals surface area contributed by atoms with Crippen molar-refractivity contribution in [1.29, 1.82) is 0 Å². The first-order valence-corrected chi connectivity index (χ1v) is 8.51. The molecule has 3 aromatic rings. The van der Waals surface area contributed by atoms with E-state index in [1.807, 2.05) is 35.0 Å². The summed E-state index contributed by atoms with van der Waals surface area (Å²) in [6, 6.07) is 7.97. The van der Waals surface area contributed by atoms with Crippen LogP contribution in [0.25, 0.3) is 11.0 Å². The van der Waals surface area contributed by atoms with Gasteiger partial charge in [-0.25, -0.2) is 4.98 Å². The van der Waals surface area contributed by atoms with Crippen LogP contribution in [0.2, 0.25) is 0 Å². The molecule has 1 aromatic carbocycles. The highest BCUT2D eigenvalue weighted by Crippen LogP contribution is 2.40. The van der Waals surface area contributed by atoms with Crippen LogP contribution in [-0.2, 0) is 22.6 Å². The number of imidazole rings is 1. The molecule has 1 aliphatic carbocycles. The lowest BCUT2D eigenvalue weighted by Gasteiger charge is -2.08. The fourth-order valence-corrected chi connectivity index (χ4v) is 2.99. The summed E-state index contributed by atoms with van der Waals surface area (Å²) in [5.74, 6) is 1.43. The van der Waals surface area contributed by atoms with Gasteiger partial charge in [-0.3, -0.25) is 9.48 Å². The van der Waals surface area contributed by atoms with E-state index < -0.39 is 0 Å². The first kappa shape index (κ1) is 15.8. The molecule has 0 unspecified atom stereocenters. The topological polar surface area (TPSA) is 74.0 Å². The Balaban J connectivity index is 1.50. The molecule has 7 nitrogen and oxygen atoms in total. The van der Waals surface area contributed by atoms with Crippen LogP contribution < -0.4 is 5.32 Å². The number of fused-ring (bicyclic) bond motifs is 1. The number of rotatable bonds is 7. The molecule has 7 heteroatoms. The summed E-state index contributed by atoms with van der Waals surface area (Å²) in [6.07, 6.45) is 5.76. The minimum Gasteiger partial charge on any atom is -0.383 e. The largest absolute Gasteiger partial charge is 0.383 e. The standard InChI is InChI=1S/C18H21N5O2/c1-25-9-8-22-11-14(10-19-22)20-17(24)12-23-16-5-3-2-4-15(16)21-18(23)13-6-7-13/h2-5,10-11,13H,6-9,12H2,1H3,(H,20,24). The quantitative estimate of drug-likeness (QED) is 0.717. The maximum Gasteiger partial charge on any atom is 0.244 e. The molecule has 1 fully saturated rings. The summed E-state index contributed by atoms with van der Waals surface area (Å²) in [5, 5.41) is 7.13. The van der Waals surface area contributed by atoms with Crippen molar-refractivity contribution in [1.82, 2.24) is 19.3 Å². The van der Waals surface area contributed by atoms with Gasteiger partial charge >= 0.3 is 0 Å². The number of hydrogen-bond donors (Lipinski definition) is 1. The number of para-hydroxylation sites is 2. The summed E-state index contributed by atoms with van der Waals surface area (Å²) in [5.41, 5.74) is 2.65. The van der Waals surface area contributed by atoms with Crippen LogP contribution in [0, 0.1) is 0 Å². The Hall–Kier alpha value is -2.67. The van der Waals surface area contributed by atoms with Crippen LogP contribution in [-0.4, -0.2) is 39.0 Å². The van der Waals surface area contributed by atoms with Gasteiger partial charge in [-0.1, -0.05) is 12.1 Å². The third-order valence-electron chi connectivity index (χ3n) is 4.37. The molecule has 25 heavy (non-hydrogen) atoms. The van der Waals surface area contributed by atoms with E-state index in [-0.39, 0.29) is 12.5 Å². The average molecular weight is 339 g/mol. The second kappa shape index (κ2) is 6.68. The molecule has 0 atom stereocenters. The lowest BCUT2D eigenvalue weighted by molar-refractivity contribution is -0.116. The lowest BCUT2D eigenvalue weighted by Crippen LogP contribution is -2.19. The first-order chi connectivity index (χ1) is 12.2. The molecular weight excluding hydrogens is 318 g/mol. The van der Waals surface area contributed by atoms with E-state index in [0.717, 1.165) is 29.7 Å². The molecule has 1 aliphatic rings. The number of methoxy groups -OCH3 is 1. The molecule has 0 bridgehead atoms. The zero-order chi connectivity index (χ0) is 17.2. The number of amides is 1. The Morgan fingerprint density at radius 3 is 3.00 bits per heavy atom.